The summed E-state index contributed by atoms with van der Waals surface area (Å²) in [5.74, 6) is -0.839. The van der Waals surface area contributed by atoms with Crippen LogP contribution in [-0.2, 0) is 9.47 Å². The molecule has 2 aromatic rings. The Morgan fingerprint density at radius 3 is 1.66 bits per heavy atom. The molecule has 0 saturated heterocycles. The second kappa shape index (κ2) is 11.3. The van der Waals surface area contributed by atoms with Gasteiger partial charge in [-0.2, -0.15) is 0 Å². The van der Waals surface area contributed by atoms with E-state index in [0.29, 0.717) is 20.9 Å². The first-order valence-electron chi connectivity index (χ1n) is 9.82. The number of hydrogen-bond acceptors (Lipinski definition) is 6. The van der Waals surface area contributed by atoms with E-state index in [9.17, 15) is 9.59 Å². The van der Waals surface area contributed by atoms with Crippen molar-refractivity contribution in [3.8, 4) is 0 Å². The van der Waals surface area contributed by atoms with Crippen LogP contribution in [0.4, 0.5) is 0 Å². The average molecular weight is 433 g/mol. The molecular formula is C23H28O4S2. The molecule has 0 amide bonds. The number of hydrogen-bond donors (Lipinski definition) is 2. The van der Waals surface area contributed by atoms with E-state index < -0.39 is 17.4 Å². The largest absolute Gasteiger partial charge is 0.461 e. The Hall–Kier alpha value is -1.92. The molecule has 0 radical (unpaired) electrons. The van der Waals surface area contributed by atoms with Gasteiger partial charge in [-0.25, -0.2) is 9.59 Å². The van der Waals surface area contributed by atoms with Crippen LogP contribution in [0.2, 0.25) is 0 Å². The number of ether oxygens (including phenoxy) is 2. The number of unbranched alkanes of at least 4 members (excludes halogenated alkanes) is 1. The molecular weight excluding hydrogens is 404 g/mol. The first-order chi connectivity index (χ1) is 13.9. The normalized spacial score (nSPS) is 11.2. The van der Waals surface area contributed by atoms with Crippen LogP contribution < -0.4 is 0 Å². The first kappa shape index (κ1) is 23.4. The van der Waals surface area contributed by atoms with Gasteiger partial charge in [0, 0.05) is 15.2 Å². The number of carbonyl (C=O) groups excluding carboxylic acids is 2. The molecule has 0 spiro atoms. The second-order valence-corrected chi connectivity index (χ2v) is 8.11. The topological polar surface area (TPSA) is 52.6 Å². The van der Waals surface area contributed by atoms with E-state index in [1.165, 1.54) is 0 Å². The van der Waals surface area contributed by atoms with Crippen LogP contribution in [0, 0.1) is 5.41 Å². The molecule has 0 saturated carbocycles. The summed E-state index contributed by atoms with van der Waals surface area (Å²) < 4.78 is 11.3. The maximum Gasteiger partial charge on any atom is 0.339 e. The molecule has 2 aromatic carbocycles. The van der Waals surface area contributed by atoms with Crippen LogP contribution in [0.25, 0.3) is 0 Å². The zero-order valence-electron chi connectivity index (χ0n) is 16.9. The van der Waals surface area contributed by atoms with Crippen LogP contribution in [0.3, 0.4) is 0 Å². The highest BCUT2D eigenvalue weighted by molar-refractivity contribution is 7.80. The van der Waals surface area contributed by atoms with Crippen molar-refractivity contribution in [2.24, 2.45) is 5.41 Å². The number of carbonyl (C=O) groups is 2. The molecule has 0 atom stereocenters. The standard InChI is InChI=1S/C23H28O4S2/c1-3-5-14-23(4-2,15-26-21(24)17-10-6-8-12-19(17)28)16-27-22(25)18-11-7-9-13-20(18)29/h6-13,28-29H,3-5,14-16H2,1-2H3. The molecule has 0 aliphatic rings. The molecule has 0 bridgehead atoms. The average Bonchev–Trinajstić information content (AvgIpc) is 2.74. The molecule has 29 heavy (non-hydrogen) atoms. The van der Waals surface area contributed by atoms with Gasteiger partial charge in [0.25, 0.3) is 0 Å². The summed E-state index contributed by atoms with van der Waals surface area (Å²) in [5.41, 5.74) is 0.424. The first-order valence-corrected chi connectivity index (χ1v) is 10.7. The van der Waals surface area contributed by atoms with E-state index in [-0.39, 0.29) is 13.2 Å². The maximum atomic E-state index is 12.5. The van der Waals surface area contributed by atoms with Crippen molar-refractivity contribution < 1.29 is 19.1 Å². The fraction of sp³-hybridized carbons (Fsp3) is 0.391. The molecule has 6 heteroatoms. The van der Waals surface area contributed by atoms with E-state index in [0.717, 1.165) is 25.7 Å². The quantitative estimate of drug-likeness (QED) is 0.364. The summed E-state index contributed by atoms with van der Waals surface area (Å²) in [5, 5.41) is 0. The number of rotatable bonds is 10. The van der Waals surface area contributed by atoms with Crippen molar-refractivity contribution in [1.29, 1.82) is 0 Å². The summed E-state index contributed by atoms with van der Waals surface area (Å²) in [7, 11) is 0. The van der Waals surface area contributed by atoms with Gasteiger partial charge in [0.15, 0.2) is 0 Å². The Labute approximate surface area is 183 Å². The highest BCUT2D eigenvalue weighted by Gasteiger charge is 2.32. The lowest BCUT2D eigenvalue weighted by molar-refractivity contribution is -0.0115. The van der Waals surface area contributed by atoms with Gasteiger partial charge in [0.2, 0.25) is 0 Å². The molecule has 0 aliphatic carbocycles. The summed E-state index contributed by atoms with van der Waals surface area (Å²) in [6.45, 7) is 4.49. The predicted octanol–water partition coefficient (Wildman–Crippen LogP) is 5.86. The summed E-state index contributed by atoms with van der Waals surface area (Å²) in [6.07, 6.45) is 3.47. The highest BCUT2D eigenvalue weighted by atomic mass is 32.1. The fourth-order valence-corrected chi connectivity index (χ4v) is 3.51. The summed E-state index contributed by atoms with van der Waals surface area (Å²) in [6, 6.07) is 14.1. The van der Waals surface area contributed by atoms with E-state index >= 15 is 0 Å². The maximum absolute atomic E-state index is 12.5. The Morgan fingerprint density at radius 1 is 0.828 bits per heavy atom. The van der Waals surface area contributed by atoms with Crippen LogP contribution >= 0.6 is 25.3 Å². The van der Waals surface area contributed by atoms with Gasteiger partial charge < -0.3 is 9.47 Å². The molecule has 0 unspecified atom stereocenters. The van der Waals surface area contributed by atoms with Gasteiger partial charge in [-0.3, -0.25) is 0 Å². The predicted molar refractivity (Wildman–Crippen MR) is 120 cm³/mol. The zero-order valence-corrected chi connectivity index (χ0v) is 18.7. The molecule has 0 aliphatic heterocycles. The molecule has 2 rings (SSSR count). The summed E-state index contributed by atoms with van der Waals surface area (Å²) in [4.78, 5) is 26.2. The Kier molecular flexibility index (Phi) is 9.11. The molecule has 156 valence electrons. The van der Waals surface area contributed by atoms with Gasteiger partial charge in [-0.05, 0) is 37.1 Å². The third kappa shape index (κ3) is 6.54. The molecule has 0 heterocycles. The third-order valence-corrected chi connectivity index (χ3v) is 5.86. The number of benzene rings is 2. The lowest BCUT2D eigenvalue weighted by Crippen LogP contribution is -2.34. The highest BCUT2D eigenvalue weighted by Crippen LogP contribution is 2.31. The van der Waals surface area contributed by atoms with Gasteiger partial charge in [-0.15, -0.1) is 25.3 Å². The minimum atomic E-state index is -0.432. The molecule has 0 fully saturated rings. The summed E-state index contributed by atoms with van der Waals surface area (Å²) >= 11 is 8.65. The van der Waals surface area contributed by atoms with Crippen molar-refractivity contribution in [2.45, 2.75) is 49.3 Å². The molecule has 0 aromatic heterocycles. The van der Waals surface area contributed by atoms with Crippen molar-refractivity contribution >= 4 is 37.2 Å². The van der Waals surface area contributed by atoms with Gasteiger partial charge in [0.05, 0.1) is 11.1 Å². The molecule has 4 nitrogen and oxygen atoms in total. The van der Waals surface area contributed by atoms with E-state index in [1.807, 2.05) is 19.1 Å². The third-order valence-electron chi connectivity index (χ3n) is 5.08. The van der Waals surface area contributed by atoms with Crippen molar-refractivity contribution in [1.82, 2.24) is 0 Å². The lowest BCUT2D eigenvalue weighted by atomic mass is 9.81. The molecule has 0 N–H and O–H groups in total. The van der Waals surface area contributed by atoms with Crippen LogP contribution in [0.15, 0.2) is 58.3 Å². The second-order valence-electron chi connectivity index (χ2n) is 7.14. The van der Waals surface area contributed by atoms with Gasteiger partial charge >= 0.3 is 11.9 Å². The lowest BCUT2D eigenvalue weighted by Gasteiger charge is -2.32. The monoisotopic (exact) mass is 432 g/mol. The van der Waals surface area contributed by atoms with E-state index in [4.69, 9.17) is 9.47 Å². The van der Waals surface area contributed by atoms with E-state index in [1.54, 1.807) is 36.4 Å². The van der Waals surface area contributed by atoms with Crippen molar-refractivity contribution in [2.75, 3.05) is 13.2 Å². The minimum Gasteiger partial charge on any atom is -0.461 e. The smallest absolute Gasteiger partial charge is 0.339 e. The Morgan fingerprint density at radius 2 is 1.28 bits per heavy atom. The van der Waals surface area contributed by atoms with E-state index in [2.05, 4.69) is 32.2 Å². The Balaban J connectivity index is 2.09. The Bertz CT molecular complexity index is 774. The van der Waals surface area contributed by atoms with Crippen LogP contribution in [-0.4, -0.2) is 25.2 Å². The minimum absolute atomic E-state index is 0.181. The van der Waals surface area contributed by atoms with Crippen LogP contribution in [0.1, 0.15) is 60.2 Å². The zero-order chi connectivity index (χ0) is 21.3. The number of thiol groups is 2. The van der Waals surface area contributed by atoms with Gasteiger partial charge in [0.1, 0.15) is 13.2 Å². The SMILES string of the molecule is CCCCC(CC)(COC(=O)c1ccccc1S)COC(=O)c1ccccc1S. The van der Waals surface area contributed by atoms with Gasteiger partial charge in [-0.1, -0.05) is 51.0 Å². The number of esters is 2. The van der Waals surface area contributed by atoms with Crippen molar-refractivity contribution in [3.63, 3.8) is 0 Å². The van der Waals surface area contributed by atoms with Crippen LogP contribution in [0.5, 0.6) is 0 Å². The fourth-order valence-electron chi connectivity index (χ4n) is 3.00. The van der Waals surface area contributed by atoms with Crippen molar-refractivity contribution in [3.05, 3.63) is 59.7 Å².